The van der Waals surface area contributed by atoms with E-state index in [0.717, 1.165) is 17.0 Å². The molecule has 0 aliphatic heterocycles. The van der Waals surface area contributed by atoms with Crippen LogP contribution in [0.15, 0.2) is 30.5 Å². The second kappa shape index (κ2) is 5.67. The molecule has 0 aliphatic carbocycles. The quantitative estimate of drug-likeness (QED) is 0.651. The summed E-state index contributed by atoms with van der Waals surface area (Å²) in [5.74, 6) is 6.96. The zero-order valence-electron chi connectivity index (χ0n) is 11.3. The number of hydrazine groups is 1. The van der Waals surface area contributed by atoms with Crippen LogP contribution < -0.4 is 16.0 Å². The lowest BCUT2D eigenvalue weighted by Gasteiger charge is -2.12. The molecule has 0 fully saturated rings. The molecule has 0 bridgehead atoms. The molecule has 2 rings (SSSR count). The lowest BCUT2D eigenvalue weighted by Crippen LogP contribution is -2.10. The molecule has 0 aliphatic rings. The van der Waals surface area contributed by atoms with Crippen molar-refractivity contribution in [2.75, 3.05) is 12.5 Å². The van der Waals surface area contributed by atoms with Crippen molar-refractivity contribution in [3.05, 3.63) is 36.0 Å². The summed E-state index contributed by atoms with van der Waals surface area (Å²) in [6.07, 6.45) is 1.66. The topological polar surface area (TPSA) is 73.1 Å². The van der Waals surface area contributed by atoms with E-state index in [1.165, 1.54) is 5.56 Å². The SMILES string of the molecule is COc1cc(C(C)C)ccc1-c1ccnc(NN)n1. The molecular weight excluding hydrogens is 240 g/mol. The van der Waals surface area contributed by atoms with Gasteiger partial charge in [-0.3, -0.25) is 5.43 Å². The van der Waals surface area contributed by atoms with Crippen molar-refractivity contribution in [1.82, 2.24) is 9.97 Å². The maximum Gasteiger partial charge on any atom is 0.237 e. The highest BCUT2D eigenvalue weighted by Crippen LogP contribution is 2.31. The molecule has 0 spiro atoms. The van der Waals surface area contributed by atoms with E-state index in [1.807, 2.05) is 18.2 Å². The van der Waals surface area contributed by atoms with Gasteiger partial charge in [0.05, 0.1) is 12.8 Å². The van der Waals surface area contributed by atoms with Crippen molar-refractivity contribution >= 4 is 5.95 Å². The number of nitrogens with two attached hydrogens (primary N) is 1. The number of nitrogen functional groups attached to an aromatic ring is 1. The zero-order valence-corrected chi connectivity index (χ0v) is 11.3. The van der Waals surface area contributed by atoms with Crippen LogP contribution in [0.5, 0.6) is 5.75 Å². The van der Waals surface area contributed by atoms with Gasteiger partial charge in [-0.2, -0.15) is 0 Å². The van der Waals surface area contributed by atoms with Gasteiger partial charge in [0.15, 0.2) is 0 Å². The van der Waals surface area contributed by atoms with Crippen LogP contribution in [0.1, 0.15) is 25.3 Å². The van der Waals surface area contributed by atoms with Crippen molar-refractivity contribution in [2.24, 2.45) is 5.84 Å². The Morgan fingerprint density at radius 2 is 2.05 bits per heavy atom. The number of hydrogen-bond donors (Lipinski definition) is 2. The molecule has 1 heterocycles. The van der Waals surface area contributed by atoms with Gasteiger partial charge >= 0.3 is 0 Å². The molecule has 0 amide bonds. The van der Waals surface area contributed by atoms with Gasteiger partial charge in [-0.15, -0.1) is 0 Å². The minimum Gasteiger partial charge on any atom is -0.496 e. The maximum atomic E-state index is 5.45. The minimum atomic E-state index is 0.382. The van der Waals surface area contributed by atoms with Crippen LogP contribution >= 0.6 is 0 Å². The van der Waals surface area contributed by atoms with Crippen LogP contribution in [0.4, 0.5) is 5.95 Å². The van der Waals surface area contributed by atoms with Crippen LogP contribution in [0, 0.1) is 0 Å². The largest absolute Gasteiger partial charge is 0.496 e. The molecule has 0 radical (unpaired) electrons. The third kappa shape index (κ3) is 2.82. The zero-order chi connectivity index (χ0) is 13.8. The van der Waals surface area contributed by atoms with Crippen LogP contribution in [-0.4, -0.2) is 17.1 Å². The van der Waals surface area contributed by atoms with Gasteiger partial charge < -0.3 is 4.74 Å². The van der Waals surface area contributed by atoms with Crippen LogP contribution in [0.3, 0.4) is 0 Å². The smallest absolute Gasteiger partial charge is 0.237 e. The first kappa shape index (κ1) is 13.3. The summed E-state index contributed by atoms with van der Waals surface area (Å²) >= 11 is 0. The molecule has 100 valence electrons. The molecule has 1 aromatic carbocycles. The average Bonchev–Trinajstić information content (AvgIpc) is 2.46. The van der Waals surface area contributed by atoms with E-state index in [-0.39, 0.29) is 0 Å². The molecule has 5 nitrogen and oxygen atoms in total. The Bertz CT molecular complexity index is 569. The van der Waals surface area contributed by atoms with E-state index in [2.05, 4.69) is 35.3 Å². The van der Waals surface area contributed by atoms with Crippen molar-refractivity contribution in [1.29, 1.82) is 0 Å². The number of benzene rings is 1. The van der Waals surface area contributed by atoms with Crippen LogP contribution in [0.25, 0.3) is 11.3 Å². The van der Waals surface area contributed by atoms with Gasteiger partial charge in [0.25, 0.3) is 0 Å². The number of rotatable bonds is 4. The lowest BCUT2D eigenvalue weighted by atomic mass is 10.00. The van der Waals surface area contributed by atoms with E-state index >= 15 is 0 Å². The molecule has 2 aromatic rings. The predicted octanol–water partition coefficient (Wildman–Crippen LogP) is 2.56. The third-order valence-electron chi connectivity index (χ3n) is 2.95. The molecule has 0 atom stereocenters. The molecular formula is C14H18N4O. The van der Waals surface area contributed by atoms with Crippen molar-refractivity contribution in [3.63, 3.8) is 0 Å². The number of methoxy groups -OCH3 is 1. The third-order valence-corrected chi connectivity index (χ3v) is 2.95. The second-order valence-electron chi connectivity index (χ2n) is 4.52. The molecule has 19 heavy (non-hydrogen) atoms. The number of aromatic nitrogens is 2. The van der Waals surface area contributed by atoms with E-state index in [9.17, 15) is 0 Å². The highest BCUT2D eigenvalue weighted by atomic mass is 16.5. The molecule has 1 aromatic heterocycles. The number of nitrogens with zero attached hydrogens (tertiary/aromatic N) is 2. The number of hydrogen-bond acceptors (Lipinski definition) is 5. The maximum absolute atomic E-state index is 5.45. The van der Waals surface area contributed by atoms with Crippen molar-refractivity contribution in [3.8, 4) is 17.0 Å². The van der Waals surface area contributed by atoms with Crippen LogP contribution in [-0.2, 0) is 0 Å². The summed E-state index contributed by atoms with van der Waals surface area (Å²) in [6, 6.07) is 7.96. The number of nitrogens with one attached hydrogen (secondary N) is 1. The summed E-state index contributed by atoms with van der Waals surface area (Å²) in [5.41, 5.74) is 5.36. The Morgan fingerprint density at radius 3 is 2.68 bits per heavy atom. The highest BCUT2D eigenvalue weighted by Gasteiger charge is 2.10. The predicted molar refractivity (Wildman–Crippen MR) is 75.9 cm³/mol. The Morgan fingerprint density at radius 1 is 1.26 bits per heavy atom. The number of ether oxygens (including phenoxy) is 1. The normalized spacial score (nSPS) is 10.6. The van der Waals surface area contributed by atoms with Gasteiger partial charge in [0.1, 0.15) is 5.75 Å². The molecule has 0 saturated heterocycles. The summed E-state index contributed by atoms with van der Waals surface area (Å²) in [5, 5.41) is 0. The standard InChI is InChI=1S/C14H18N4O/c1-9(2)10-4-5-11(13(8-10)19-3)12-6-7-16-14(17-12)18-15/h4-9H,15H2,1-3H3,(H,16,17,18). The summed E-state index contributed by atoms with van der Waals surface area (Å²) in [6.45, 7) is 4.30. The molecule has 0 saturated carbocycles. The van der Waals surface area contributed by atoms with Gasteiger partial charge in [-0.1, -0.05) is 19.9 Å². The van der Waals surface area contributed by atoms with Crippen molar-refractivity contribution < 1.29 is 4.74 Å². The fraction of sp³-hybridized carbons (Fsp3) is 0.286. The van der Waals surface area contributed by atoms with Gasteiger partial charge in [0.2, 0.25) is 5.95 Å². The summed E-state index contributed by atoms with van der Waals surface area (Å²) in [7, 11) is 1.66. The second-order valence-corrected chi connectivity index (χ2v) is 4.52. The number of anilines is 1. The van der Waals surface area contributed by atoms with E-state index in [0.29, 0.717) is 11.9 Å². The highest BCUT2D eigenvalue weighted by molar-refractivity contribution is 5.68. The van der Waals surface area contributed by atoms with Gasteiger partial charge in [-0.05, 0) is 29.7 Å². The fourth-order valence-corrected chi connectivity index (χ4v) is 1.86. The Hall–Kier alpha value is -2.14. The monoisotopic (exact) mass is 258 g/mol. The van der Waals surface area contributed by atoms with E-state index < -0.39 is 0 Å². The van der Waals surface area contributed by atoms with Gasteiger partial charge in [-0.25, -0.2) is 15.8 Å². The Kier molecular flexibility index (Phi) is 3.97. The Balaban J connectivity index is 2.49. The molecule has 3 N–H and O–H groups in total. The van der Waals surface area contributed by atoms with E-state index in [1.54, 1.807) is 13.3 Å². The summed E-state index contributed by atoms with van der Waals surface area (Å²) < 4.78 is 5.45. The fourth-order valence-electron chi connectivity index (χ4n) is 1.86. The summed E-state index contributed by atoms with van der Waals surface area (Å²) in [4.78, 5) is 8.31. The Labute approximate surface area is 112 Å². The minimum absolute atomic E-state index is 0.382. The van der Waals surface area contributed by atoms with E-state index in [4.69, 9.17) is 10.6 Å². The lowest BCUT2D eigenvalue weighted by molar-refractivity contribution is 0.415. The molecule has 0 unspecified atom stereocenters. The first-order valence-corrected chi connectivity index (χ1v) is 6.13. The van der Waals surface area contributed by atoms with Gasteiger partial charge in [0, 0.05) is 11.8 Å². The average molecular weight is 258 g/mol. The van der Waals surface area contributed by atoms with Crippen molar-refractivity contribution in [2.45, 2.75) is 19.8 Å². The molecule has 5 heteroatoms. The first-order valence-electron chi connectivity index (χ1n) is 6.13. The first-order chi connectivity index (χ1) is 9.15. The van der Waals surface area contributed by atoms with Crippen LogP contribution in [0.2, 0.25) is 0 Å².